The van der Waals surface area contributed by atoms with E-state index in [0.717, 1.165) is 42.1 Å². The lowest BCUT2D eigenvalue weighted by atomic mass is 9.46. The highest BCUT2D eigenvalue weighted by Crippen LogP contribution is 2.67. The van der Waals surface area contributed by atoms with Crippen LogP contribution in [0.5, 0.6) is 0 Å². The fourth-order valence-electron chi connectivity index (χ4n) is 9.79. The maximum atomic E-state index is 13.1. The molecule has 4 aliphatic rings. The minimum Gasteiger partial charge on any atom is -0.458 e. The highest BCUT2D eigenvalue weighted by molar-refractivity contribution is 14.1. The van der Waals surface area contributed by atoms with Crippen molar-refractivity contribution in [1.29, 1.82) is 0 Å². The van der Waals surface area contributed by atoms with Crippen LogP contribution in [0.3, 0.4) is 0 Å². The second-order valence-corrected chi connectivity index (χ2v) is 15.8. The zero-order valence-corrected chi connectivity index (χ0v) is 27.5. The van der Waals surface area contributed by atoms with Gasteiger partial charge in [-0.05, 0) is 126 Å². The van der Waals surface area contributed by atoms with Crippen molar-refractivity contribution >= 4 is 34.6 Å². The third kappa shape index (κ3) is 5.87. The Bertz CT molecular complexity index is 1110. The van der Waals surface area contributed by atoms with Gasteiger partial charge in [-0.3, -0.25) is 0 Å². The topological polar surface area (TPSA) is 46.5 Å². The lowest BCUT2D eigenvalue weighted by molar-refractivity contribution is -0.163. The molecule has 0 bridgehead atoms. The maximum Gasteiger partial charge on any atom is 0.331 e. The predicted molar refractivity (Wildman–Crippen MR) is 173 cm³/mol. The Kier molecular flexibility index (Phi) is 9.27. The number of rotatable bonds is 8. The number of allylic oxidation sites excluding steroid dienone is 1. The number of aliphatic hydroxyl groups excluding tert-OH is 1. The van der Waals surface area contributed by atoms with Crippen LogP contribution in [-0.4, -0.2) is 23.3 Å². The monoisotopic (exact) mass is 658 g/mol. The number of ether oxygens (including phenoxy) is 1. The van der Waals surface area contributed by atoms with Gasteiger partial charge in [0, 0.05) is 21.5 Å². The number of carbonyl (C=O) groups is 1. The van der Waals surface area contributed by atoms with Gasteiger partial charge in [0.1, 0.15) is 6.10 Å². The summed E-state index contributed by atoms with van der Waals surface area (Å²) in [6, 6.07) is 8.12. The summed E-state index contributed by atoms with van der Waals surface area (Å²) in [6.45, 7) is 12.2. The van der Waals surface area contributed by atoms with E-state index in [0.29, 0.717) is 23.7 Å². The normalized spacial score (nSPS) is 38.0. The first-order chi connectivity index (χ1) is 19.0. The van der Waals surface area contributed by atoms with Gasteiger partial charge in [0.05, 0.1) is 6.10 Å². The average molecular weight is 659 g/mol. The summed E-state index contributed by atoms with van der Waals surface area (Å²) >= 11 is 2.29. The first-order valence-corrected chi connectivity index (χ1v) is 17.1. The molecule has 0 radical (unpaired) electrons. The molecule has 0 heterocycles. The number of carbonyl (C=O) groups excluding carboxylic acids is 1. The summed E-state index contributed by atoms with van der Waals surface area (Å²) in [5.74, 6) is 4.06. The van der Waals surface area contributed by atoms with Gasteiger partial charge in [-0.1, -0.05) is 77.7 Å². The Hall–Kier alpha value is -1.14. The molecule has 1 aromatic rings. The van der Waals surface area contributed by atoms with Crippen LogP contribution in [0.2, 0.25) is 0 Å². The van der Waals surface area contributed by atoms with Gasteiger partial charge >= 0.3 is 5.97 Å². The van der Waals surface area contributed by atoms with Crippen LogP contribution < -0.4 is 0 Å². The van der Waals surface area contributed by atoms with Crippen molar-refractivity contribution in [3.05, 3.63) is 51.1 Å². The molecule has 220 valence electrons. The minimum absolute atomic E-state index is 0.184. The van der Waals surface area contributed by atoms with Gasteiger partial charge in [-0.25, -0.2) is 4.79 Å². The zero-order chi connectivity index (χ0) is 28.7. The molecule has 0 aliphatic heterocycles. The van der Waals surface area contributed by atoms with Gasteiger partial charge in [-0.15, -0.1) is 0 Å². The lowest BCUT2D eigenvalue weighted by Gasteiger charge is -2.60. The van der Waals surface area contributed by atoms with E-state index in [4.69, 9.17) is 4.74 Å². The van der Waals surface area contributed by atoms with Gasteiger partial charge in [0.15, 0.2) is 0 Å². The van der Waals surface area contributed by atoms with Crippen molar-refractivity contribution in [3.63, 3.8) is 0 Å². The second-order valence-electron chi connectivity index (χ2n) is 14.6. The Balaban J connectivity index is 1.32. The number of benzene rings is 1. The molecule has 4 heteroatoms. The van der Waals surface area contributed by atoms with E-state index in [1.54, 1.807) is 6.08 Å². The van der Waals surface area contributed by atoms with E-state index >= 15 is 0 Å². The van der Waals surface area contributed by atoms with E-state index in [1.807, 2.05) is 30.3 Å². The average Bonchev–Trinajstić information content (AvgIpc) is 3.26. The molecule has 1 unspecified atom stereocenters. The van der Waals surface area contributed by atoms with E-state index in [2.05, 4.69) is 63.3 Å². The summed E-state index contributed by atoms with van der Waals surface area (Å²) in [5.41, 5.74) is 2.58. The quantitative estimate of drug-likeness (QED) is 0.131. The summed E-state index contributed by atoms with van der Waals surface area (Å²) in [6.07, 6.45) is 16.8. The molecular formula is C36H51IO3. The van der Waals surface area contributed by atoms with Crippen LogP contribution >= 0.6 is 22.6 Å². The van der Waals surface area contributed by atoms with Gasteiger partial charge in [-0.2, -0.15) is 0 Å². The Morgan fingerprint density at radius 1 is 1.10 bits per heavy atom. The fraction of sp³-hybridized carbons (Fsp3) is 0.694. The van der Waals surface area contributed by atoms with Crippen LogP contribution in [-0.2, 0) is 9.53 Å². The summed E-state index contributed by atoms with van der Waals surface area (Å²) in [7, 11) is 0. The molecule has 3 saturated carbocycles. The molecule has 3 nitrogen and oxygen atoms in total. The number of hydrogen-bond donors (Lipinski definition) is 1. The maximum absolute atomic E-state index is 13.1. The zero-order valence-electron chi connectivity index (χ0n) is 25.4. The fourth-order valence-corrected chi connectivity index (χ4v) is 10.1. The number of hydrogen-bond acceptors (Lipinski definition) is 3. The van der Waals surface area contributed by atoms with Crippen molar-refractivity contribution in [2.24, 2.45) is 46.3 Å². The molecule has 0 saturated heterocycles. The SMILES string of the molecule is CC(C)CCC[C@@H](C)[C@H]1CC[C@H]2[C@@H]3CC=C4C[C@H](O)CC(OC(=O)/C=C/c5ccc(I)cc5)[C@]4(C)[C@H]3CC[C@]12C. The lowest BCUT2D eigenvalue weighted by Crippen LogP contribution is -2.56. The molecule has 3 fully saturated rings. The largest absolute Gasteiger partial charge is 0.458 e. The van der Waals surface area contributed by atoms with Gasteiger partial charge in [0.25, 0.3) is 0 Å². The van der Waals surface area contributed by atoms with E-state index in [9.17, 15) is 9.90 Å². The van der Waals surface area contributed by atoms with Gasteiger partial charge in [0.2, 0.25) is 0 Å². The number of fused-ring (bicyclic) bond motifs is 5. The van der Waals surface area contributed by atoms with Crippen molar-refractivity contribution in [1.82, 2.24) is 0 Å². The summed E-state index contributed by atoms with van der Waals surface area (Å²) in [4.78, 5) is 13.1. The highest BCUT2D eigenvalue weighted by Gasteiger charge is 2.61. The van der Waals surface area contributed by atoms with E-state index in [-0.39, 0.29) is 17.5 Å². The van der Waals surface area contributed by atoms with Crippen LogP contribution in [0.15, 0.2) is 42.0 Å². The first-order valence-electron chi connectivity index (χ1n) is 16.0. The molecule has 1 aromatic carbocycles. The first kappa shape index (κ1) is 30.3. The van der Waals surface area contributed by atoms with Crippen molar-refractivity contribution in [2.45, 2.75) is 111 Å². The third-order valence-corrected chi connectivity index (χ3v) is 12.6. The summed E-state index contributed by atoms with van der Waals surface area (Å²) < 4.78 is 7.43. The third-order valence-electron chi connectivity index (χ3n) is 11.9. The number of halogens is 1. The Morgan fingerprint density at radius 3 is 2.58 bits per heavy atom. The molecule has 9 atom stereocenters. The van der Waals surface area contributed by atoms with E-state index < -0.39 is 6.10 Å². The Morgan fingerprint density at radius 2 is 1.85 bits per heavy atom. The van der Waals surface area contributed by atoms with Crippen LogP contribution in [0.25, 0.3) is 6.08 Å². The number of aliphatic hydroxyl groups is 1. The molecular weight excluding hydrogens is 607 g/mol. The summed E-state index contributed by atoms with van der Waals surface area (Å²) in [5, 5.41) is 10.8. The Labute approximate surface area is 256 Å². The second kappa shape index (κ2) is 12.2. The molecule has 4 aliphatic carbocycles. The van der Waals surface area contributed by atoms with Crippen molar-refractivity contribution in [2.75, 3.05) is 0 Å². The van der Waals surface area contributed by atoms with Gasteiger partial charge < -0.3 is 9.84 Å². The molecule has 0 spiro atoms. The standard InChI is InChI=1S/C36H51IO3/c1-23(2)7-6-8-24(3)30-16-17-31-29-15-12-26-21-28(38)22-33(36(26,5)32(29)19-20-35(30,31)4)40-34(39)18-11-25-9-13-27(37)14-10-25/h9-14,18,23-24,28-33,38H,6-8,15-17,19-22H2,1-5H3/b18-11+/t24-,28+,29+,30-,31+,32+,33?,35-,36+/m1/s1. The van der Waals surface area contributed by atoms with Crippen molar-refractivity contribution < 1.29 is 14.6 Å². The molecule has 0 amide bonds. The smallest absolute Gasteiger partial charge is 0.331 e. The predicted octanol–water partition coefficient (Wildman–Crippen LogP) is 9.23. The molecule has 1 N–H and O–H groups in total. The van der Waals surface area contributed by atoms with Crippen LogP contribution in [0.1, 0.15) is 104 Å². The molecule has 0 aromatic heterocycles. The molecule has 5 rings (SSSR count). The number of esters is 1. The van der Waals surface area contributed by atoms with Crippen LogP contribution in [0, 0.1) is 49.9 Å². The van der Waals surface area contributed by atoms with Crippen molar-refractivity contribution in [3.8, 4) is 0 Å². The van der Waals surface area contributed by atoms with E-state index in [1.165, 1.54) is 54.1 Å². The molecule has 40 heavy (non-hydrogen) atoms. The van der Waals surface area contributed by atoms with Crippen LogP contribution in [0.4, 0.5) is 0 Å². The highest BCUT2D eigenvalue weighted by atomic mass is 127. The minimum atomic E-state index is -0.440.